The fraction of sp³-hybridized carbons (Fsp3) is 0.111. The second-order valence-corrected chi connectivity index (χ2v) is 9.48. The van der Waals surface area contributed by atoms with Gasteiger partial charge in [0.1, 0.15) is 12.3 Å². The average Bonchev–Trinajstić information content (AvgIpc) is 2.89. The lowest BCUT2D eigenvalue weighted by atomic mass is 10.1. The van der Waals surface area contributed by atoms with E-state index in [-0.39, 0.29) is 4.90 Å². The van der Waals surface area contributed by atoms with Gasteiger partial charge >= 0.3 is 0 Å². The van der Waals surface area contributed by atoms with E-state index in [9.17, 15) is 13.2 Å². The minimum absolute atomic E-state index is 0.0842. The minimum atomic E-state index is -4.00. The van der Waals surface area contributed by atoms with Gasteiger partial charge < -0.3 is 4.74 Å². The van der Waals surface area contributed by atoms with Crippen molar-refractivity contribution in [2.75, 3.05) is 17.5 Å². The Morgan fingerprint density at radius 1 is 0.914 bits per heavy atom. The number of fused-ring (bicyclic) bond motifs is 1. The van der Waals surface area contributed by atoms with Crippen LogP contribution in [0.4, 0.5) is 5.69 Å². The molecule has 0 fully saturated rings. The first-order valence-corrected chi connectivity index (χ1v) is 12.5. The number of amides is 1. The molecule has 35 heavy (non-hydrogen) atoms. The summed E-state index contributed by atoms with van der Waals surface area (Å²) in [6.45, 7) is 1.91. The van der Waals surface area contributed by atoms with Crippen molar-refractivity contribution in [1.29, 1.82) is 0 Å². The topological polar surface area (TPSA) is 88.1 Å². The van der Waals surface area contributed by atoms with Crippen LogP contribution in [0.25, 0.3) is 10.8 Å². The van der Waals surface area contributed by atoms with E-state index in [0.29, 0.717) is 18.0 Å². The lowest BCUT2D eigenvalue weighted by Gasteiger charge is -2.24. The van der Waals surface area contributed by atoms with Crippen molar-refractivity contribution < 1.29 is 17.9 Å². The van der Waals surface area contributed by atoms with Crippen LogP contribution in [0, 0.1) is 0 Å². The number of nitrogens with one attached hydrogen (secondary N) is 1. The molecule has 8 heteroatoms. The van der Waals surface area contributed by atoms with Gasteiger partial charge in [-0.2, -0.15) is 5.10 Å². The fourth-order valence-electron chi connectivity index (χ4n) is 3.61. The number of hydrogen-bond acceptors (Lipinski definition) is 5. The Kier molecular flexibility index (Phi) is 7.42. The van der Waals surface area contributed by atoms with E-state index in [0.717, 1.165) is 20.6 Å². The zero-order valence-corrected chi connectivity index (χ0v) is 20.0. The maximum atomic E-state index is 13.4. The molecule has 0 radical (unpaired) electrons. The van der Waals surface area contributed by atoms with E-state index in [2.05, 4.69) is 10.5 Å². The molecule has 1 N–H and O–H groups in total. The van der Waals surface area contributed by atoms with Crippen LogP contribution in [0.3, 0.4) is 0 Å². The van der Waals surface area contributed by atoms with E-state index in [1.54, 1.807) is 48.7 Å². The third-order valence-electron chi connectivity index (χ3n) is 5.27. The monoisotopic (exact) mass is 487 g/mol. The van der Waals surface area contributed by atoms with Crippen molar-refractivity contribution in [1.82, 2.24) is 5.43 Å². The van der Waals surface area contributed by atoms with Crippen LogP contribution in [-0.4, -0.2) is 33.7 Å². The zero-order valence-electron chi connectivity index (χ0n) is 19.2. The number of ether oxygens (including phenoxy) is 1. The predicted molar refractivity (Wildman–Crippen MR) is 138 cm³/mol. The molecule has 0 aliphatic rings. The first-order chi connectivity index (χ1) is 17.0. The molecule has 4 aromatic rings. The fourth-order valence-corrected chi connectivity index (χ4v) is 5.05. The lowest BCUT2D eigenvalue weighted by Crippen LogP contribution is -2.39. The molecule has 0 saturated carbocycles. The molecule has 7 nitrogen and oxygen atoms in total. The van der Waals surface area contributed by atoms with Gasteiger partial charge in [-0.05, 0) is 54.1 Å². The normalized spacial score (nSPS) is 11.5. The van der Waals surface area contributed by atoms with Gasteiger partial charge in [-0.3, -0.25) is 9.10 Å². The summed E-state index contributed by atoms with van der Waals surface area (Å²) in [6, 6.07) is 28.2. The number of carbonyl (C=O) groups excluding carboxylic acids is 1. The number of hydrogen-bond donors (Lipinski definition) is 1. The largest absolute Gasteiger partial charge is 0.494 e. The molecule has 0 unspecified atom stereocenters. The maximum absolute atomic E-state index is 13.4. The van der Waals surface area contributed by atoms with Crippen LogP contribution in [-0.2, 0) is 14.8 Å². The van der Waals surface area contributed by atoms with Crippen molar-refractivity contribution in [3.63, 3.8) is 0 Å². The van der Waals surface area contributed by atoms with E-state index in [1.165, 1.54) is 12.1 Å². The smallest absolute Gasteiger partial charge is 0.264 e. The quantitative estimate of drug-likeness (QED) is 0.276. The number of carbonyl (C=O) groups is 1. The summed E-state index contributed by atoms with van der Waals surface area (Å²) in [5, 5.41) is 6.12. The van der Waals surface area contributed by atoms with E-state index >= 15 is 0 Å². The highest BCUT2D eigenvalue weighted by Crippen LogP contribution is 2.25. The van der Waals surface area contributed by atoms with Crippen molar-refractivity contribution in [3.8, 4) is 5.75 Å². The Bertz CT molecular complexity index is 1430. The van der Waals surface area contributed by atoms with Gasteiger partial charge in [0.25, 0.3) is 15.9 Å². The van der Waals surface area contributed by atoms with Crippen molar-refractivity contribution >= 4 is 38.6 Å². The highest BCUT2D eigenvalue weighted by atomic mass is 32.2. The van der Waals surface area contributed by atoms with E-state index < -0.39 is 22.5 Å². The number of anilines is 1. The zero-order chi connectivity index (χ0) is 24.7. The summed E-state index contributed by atoms with van der Waals surface area (Å²) in [7, 11) is -4.00. The summed E-state index contributed by atoms with van der Waals surface area (Å²) in [5.74, 6) is 0.0346. The molecule has 1 amide bonds. The van der Waals surface area contributed by atoms with Gasteiger partial charge in [-0.25, -0.2) is 13.8 Å². The first kappa shape index (κ1) is 24.0. The van der Waals surface area contributed by atoms with Gasteiger partial charge in [-0.15, -0.1) is 0 Å². The second kappa shape index (κ2) is 10.8. The van der Waals surface area contributed by atoms with Gasteiger partial charge in [0, 0.05) is 5.56 Å². The number of nitrogens with zero attached hydrogens (tertiary/aromatic N) is 2. The summed E-state index contributed by atoms with van der Waals surface area (Å²) in [6.07, 6.45) is 1.55. The number of benzene rings is 4. The Labute approximate surface area is 204 Å². The van der Waals surface area contributed by atoms with Crippen LogP contribution >= 0.6 is 0 Å². The van der Waals surface area contributed by atoms with Gasteiger partial charge in [-0.1, -0.05) is 60.7 Å². The molecule has 0 atom stereocenters. The maximum Gasteiger partial charge on any atom is 0.264 e. The summed E-state index contributed by atoms with van der Waals surface area (Å²) in [4.78, 5) is 12.9. The third kappa shape index (κ3) is 5.67. The van der Waals surface area contributed by atoms with Crippen molar-refractivity contribution in [3.05, 3.63) is 103 Å². The predicted octanol–water partition coefficient (Wildman–Crippen LogP) is 4.58. The molecule has 178 valence electrons. The molecule has 4 aromatic carbocycles. The Hall–Kier alpha value is -4.17. The van der Waals surface area contributed by atoms with Crippen LogP contribution < -0.4 is 14.5 Å². The highest BCUT2D eigenvalue weighted by Gasteiger charge is 2.27. The Morgan fingerprint density at radius 2 is 1.60 bits per heavy atom. The molecular formula is C27H25N3O4S. The highest BCUT2D eigenvalue weighted by molar-refractivity contribution is 7.92. The molecule has 0 aliphatic carbocycles. The van der Waals surface area contributed by atoms with Crippen molar-refractivity contribution in [2.24, 2.45) is 5.10 Å². The average molecular weight is 488 g/mol. The summed E-state index contributed by atoms with van der Waals surface area (Å²) in [5.41, 5.74) is 3.63. The van der Waals surface area contributed by atoms with Gasteiger partial charge in [0.2, 0.25) is 0 Å². The van der Waals surface area contributed by atoms with Gasteiger partial charge in [0.15, 0.2) is 0 Å². The van der Waals surface area contributed by atoms with Crippen LogP contribution in [0.2, 0.25) is 0 Å². The number of hydrazone groups is 1. The number of rotatable bonds is 9. The van der Waals surface area contributed by atoms with Crippen molar-refractivity contribution in [2.45, 2.75) is 11.8 Å². The molecule has 0 saturated heterocycles. The van der Waals surface area contributed by atoms with Crippen LogP contribution in [0.5, 0.6) is 5.75 Å². The Morgan fingerprint density at radius 3 is 2.34 bits per heavy atom. The standard InChI is InChI=1S/C27H25N3O4S/c1-2-34-24-17-15-23(16-18-24)30(35(32,33)25-12-4-3-5-13-25)20-27(31)29-28-19-22-11-8-10-21-9-6-7-14-26(21)22/h3-19H,2,20H2,1H3,(H,29,31). The molecule has 0 bridgehead atoms. The Balaban J connectivity index is 1.56. The van der Waals surface area contributed by atoms with E-state index in [4.69, 9.17) is 4.74 Å². The van der Waals surface area contributed by atoms with Crippen LogP contribution in [0.1, 0.15) is 12.5 Å². The second-order valence-electron chi connectivity index (χ2n) is 7.61. The SMILES string of the molecule is CCOc1ccc(N(CC(=O)NN=Cc2cccc3ccccc23)S(=O)(=O)c2ccccc2)cc1. The summed E-state index contributed by atoms with van der Waals surface area (Å²) < 4.78 is 33.3. The van der Waals surface area contributed by atoms with Gasteiger partial charge in [0.05, 0.1) is 23.4 Å². The molecule has 0 spiro atoms. The number of sulfonamides is 1. The molecule has 0 aliphatic heterocycles. The van der Waals surface area contributed by atoms with E-state index in [1.807, 2.05) is 49.4 Å². The summed E-state index contributed by atoms with van der Waals surface area (Å²) >= 11 is 0. The minimum Gasteiger partial charge on any atom is -0.494 e. The third-order valence-corrected chi connectivity index (χ3v) is 7.06. The molecule has 4 rings (SSSR count). The lowest BCUT2D eigenvalue weighted by molar-refractivity contribution is -0.119. The molecule has 0 aromatic heterocycles. The molecular weight excluding hydrogens is 462 g/mol. The van der Waals surface area contributed by atoms with Crippen LogP contribution in [0.15, 0.2) is 107 Å². The first-order valence-electron chi connectivity index (χ1n) is 11.1. The molecule has 0 heterocycles.